The van der Waals surface area contributed by atoms with Gasteiger partial charge in [0.2, 0.25) is 0 Å². The summed E-state index contributed by atoms with van der Waals surface area (Å²) in [4.78, 5) is 0. The Bertz CT molecular complexity index is 512. The summed E-state index contributed by atoms with van der Waals surface area (Å²) in [7, 11) is 0. The van der Waals surface area contributed by atoms with Crippen molar-refractivity contribution in [2.45, 2.75) is 0 Å². The first-order valence-corrected chi connectivity index (χ1v) is 4.80. The Kier molecular flexibility index (Phi) is 2.55. The molecular weight excluding hydrogens is 204 g/mol. The summed E-state index contributed by atoms with van der Waals surface area (Å²) in [5.74, 6) is 0.166. The average molecular weight is 216 g/mol. The third-order valence-corrected chi connectivity index (χ3v) is 2.21. The van der Waals surface area contributed by atoms with E-state index >= 15 is 0 Å². The molecule has 0 saturated heterocycles. The maximum absolute atomic E-state index is 9.55. The van der Waals surface area contributed by atoms with Crippen LogP contribution < -0.4 is 11.1 Å². The molecule has 2 aromatic rings. The van der Waals surface area contributed by atoms with Crippen molar-refractivity contribution in [1.29, 1.82) is 0 Å². The number of rotatable bonds is 2. The van der Waals surface area contributed by atoms with Crippen LogP contribution in [0.4, 0.5) is 17.1 Å². The molecule has 2 rings (SSSR count). The molecule has 0 aromatic heterocycles. The first-order chi connectivity index (χ1) is 7.66. The van der Waals surface area contributed by atoms with E-state index in [-0.39, 0.29) is 11.5 Å². The van der Waals surface area contributed by atoms with Crippen LogP contribution in [0, 0.1) is 0 Å². The lowest BCUT2D eigenvalue weighted by Gasteiger charge is -2.09. The summed E-state index contributed by atoms with van der Waals surface area (Å²) in [6, 6.07) is 11.7. The fourth-order valence-electron chi connectivity index (χ4n) is 1.36. The Balaban J connectivity index is 2.28. The zero-order chi connectivity index (χ0) is 11.5. The van der Waals surface area contributed by atoms with Gasteiger partial charge >= 0.3 is 0 Å². The molecule has 0 heterocycles. The van der Waals surface area contributed by atoms with Gasteiger partial charge in [0.25, 0.3) is 0 Å². The zero-order valence-electron chi connectivity index (χ0n) is 8.51. The molecule has 0 spiro atoms. The van der Waals surface area contributed by atoms with Crippen LogP contribution in [0.1, 0.15) is 0 Å². The largest absolute Gasteiger partial charge is 0.506 e. The lowest BCUT2D eigenvalue weighted by molar-refractivity contribution is 0.476. The third kappa shape index (κ3) is 2.00. The van der Waals surface area contributed by atoms with Crippen LogP contribution in [0.2, 0.25) is 0 Å². The van der Waals surface area contributed by atoms with Crippen molar-refractivity contribution >= 4 is 17.1 Å². The first-order valence-electron chi connectivity index (χ1n) is 4.80. The van der Waals surface area contributed by atoms with Gasteiger partial charge in [0.05, 0.1) is 11.4 Å². The van der Waals surface area contributed by atoms with Crippen molar-refractivity contribution in [3.63, 3.8) is 0 Å². The molecule has 2 aromatic carbocycles. The highest BCUT2D eigenvalue weighted by molar-refractivity contribution is 5.69. The molecule has 0 atom stereocenters. The maximum Gasteiger partial charge on any atom is 0.140 e. The molecule has 0 bridgehead atoms. The van der Waals surface area contributed by atoms with Gasteiger partial charge in [-0.2, -0.15) is 0 Å². The van der Waals surface area contributed by atoms with Gasteiger partial charge in [0.15, 0.2) is 0 Å². The number of phenols is 2. The van der Waals surface area contributed by atoms with Gasteiger partial charge in [-0.3, -0.25) is 0 Å². The highest BCUT2D eigenvalue weighted by Gasteiger charge is 2.02. The monoisotopic (exact) mass is 216 g/mol. The lowest BCUT2D eigenvalue weighted by atomic mass is 10.2. The molecule has 0 amide bonds. The fourth-order valence-corrected chi connectivity index (χ4v) is 1.36. The number of nitrogen functional groups attached to an aromatic ring is 1. The Hall–Kier alpha value is -2.36. The normalized spacial score (nSPS) is 10.0. The number of hydrogen-bond donors (Lipinski definition) is 4. The SMILES string of the molecule is Nc1ccc(Nc2ccccc2O)cc1O. The number of hydrogen-bond acceptors (Lipinski definition) is 4. The van der Waals surface area contributed by atoms with E-state index in [1.165, 1.54) is 6.07 Å². The van der Waals surface area contributed by atoms with E-state index in [4.69, 9.17) is 5.73 Å². The number of benzene rings is 2. The predicted molar refractivity (Wildman–Crippen MR) is 63.9 cm³/mol. The van der Waals surface area contributed by atoms with Crippen LogP contribution in [-0.4, -0.2) is 10.2 Å². The molecule has 0 unspecified atom stereocenters. The molecule has 4 nitrogen and oxygen atoms in total. The van der Waals surface area contributed by atoms with Crippen molar-refractivity contribution in [3.05, 3.63) is 42.5 Å². The van der Waals surface area contributed by atoms with Crippen LogP contribution in [0.15, 0.2) is 42.5 Å². The quantitative estimate of drug-likeness (QED) is 0.459. The third-order valence-electron chi connectivity index (χ3n) is 2.21. The van der Waals surface area contributed by atoms with E-state index in [9.17, 15) is 10.2 Å². The van der Waals surface area contributed by atoms with Gasteiger partial charge in [-0.25, -0.2) is 0 Å². The van der Waals surface area contributed by atoms with E-state index in [1.807, 2.05) is 0 Å². The molecule has 5 N–H and O–H groups in total. The molecule has 0 aliphatic carbocycles. The van der Waals surface area contributed by atoms with Crippen LogP contribution in [0.25, 0.3) is 0 Å². The molecule has 0 aliphatic heterocycles. The van der Waals surface area contributed by atoms with Crippen molar-refractivity contribution in [3.8, 4) is 11.5 Å². The molecule has 0 aliphatic rings. The predicted octanol–water partition coefficient (Wildman–Crippen LogP) is 2.42. The second-order valence-electron chi connectivity index (χ2n) is 3.42. The summed E-state index contributed by atoms with van der Waals surface area (Å²) in [5, 5.41) is 21.9. The van der Waals surface area contributed by atoms with Crippen LogP contribution in [0.3, 0.4) is 0 Å². The summed E-state index contributed by atoms with van der Waals surface area (Å²) >= 11 is 0. The van der Waals surface area contributed by atoms with Gasteiger partial charge in [0, 0.05) is 11.8 Å². The molecule has 0 saturated carbocycles. The second-order valence-corrected chi connectivity index (χ2v) is 3.42. The summed E-state index contributed by atoms with van der Waals surface area (Å²) in [6.45, 7) is 0. The van der Waals surface area contributed by atoms with Crippen molar-refractivity contribution < 1.29 is 10.2 Å². The minimum atomic E-state index is 0.0143. The minimum absolute atomic E-state index is 0.0143. The first kappa shape index (κ1) is 10.2. The summed E-state index contributed by atoms with van der Waals surface area (Å²) in [6.07, 6.45) is 0. The number of phenolic OH excluding ortho intramolecular Hbond substituents is 2. The van der Waals surface area contributed by atoms with E-state index in [1.54, 1.807) is 36.4 Å². The molecule has 82 valence electrons. The Morgan fingerprint density at radius 1 is 0.938 bits per heavy atom. The van der Waals surface area contributed by atoms with Gasteiger partial charge < -0.3 is 21.3 Å². The Morgan fingerprint density at radius 3 is 2.38 bits per heavy atom. The van der Waals surface area contributed by atoms with Gasteiger partial charge in [-0.1, -0.05) is 12.1 Å². The van der Waals surface area contributed by atoms with E-state index in [0.717, 1.165) is 0 Å². The summed E-state index contributed by atoms with van der Waals surface area (Å²) in [5.41, 5.74) is 7.04. The van der Waals surface area contributed by atoms with Gasteiger partial charge in [0.1, 0.15) is 11.5 Å². The minimum Gasteiger partial charge on any atom is -0.506 e. The van der Waals surface area contributed by atoms with Gasteiger partial charge in [-0.05, 0) is 24.3 Å². The van der Waals surface area contributed by atoms with Crippen molar-refractivity contribution in [2.24, 2.45) is 0 Å². The van der Waals surface area contributed by atoms with E-state index < -0.39 is 0 Å². The average Bonchev–Trinajstić information content (AvgIpc) is 2.27. The highest BCUT2D eigenvalue weighted by Crippen LogP contribution is 2.29. The molecular formula is C12H12N2O2. The number of nitrogens with two attached hydrogens (primary N) is 1. The Morgan fingerprint density at radius 2 is 1.69 bits per heavy atom. The standard InChI is InChI=1S/C12H12N2O2/c13-9-6-5-8(7-12(9)16)14-10-3-1-2-4-11(10)15/h1-7,14-16H,13H2. The van der Waals surface area contributed by atoms with Crippen LogP contribution in [0.5, 0.6) is 11.5 Å². The molecule has 16 heavy (non-hydrogen) atoms. The van der Waals surface area contributed by atoms with Gasteiger partial charge in [-0.15, -0.1) is 0 Å². The van der Waals surface area contributed by atoms with Crippen molar-refractivity contribution in [1.82, 2.24) is 0 Å². The van der Waals surface area contributed by atoms with Crippen LogP contribution >= 0.6 is 0 Å². The van der Waals surface area contributed by atoms with Crippen LogP contribution in [-0.2, 0) is 0 Å². The number of anilines is 3. The smallest absolute Gasteiger partial charge is 0.140 e. The second kappa shape index (κ2) is 4.02. The summed E-state index contributed by atoms with van der Waals surface area (Å²) < 4.78 is 0. The zero-order valence-corrected chi connectivity index (χ0v) is 8.51. The molecule has 0 fully saturated rings. The Labute approximate surface area is 93.0 Å². The highest BCUT2D eigenvalue weighted by atomic mass is 16.3. The maximum atomic E-state index is 9.55. The lowest BCUT2D eigenvalue weighted by Crippen LogP contribution is -1.92. The molecule has 0 radical (unpaired) electrons. The van der Waals surface area contributed by atoms with E-state index in [2.05, 4.69) is 5.32 Å². The number of para-hydroxylation sites is 2. The number of aromatic hydroxyl groups is 2. The van der Waals surface area contributed by atoms with E-state index in [0.29, 0.717) is 17.1 Å². The fraction of sp³-hybridized carbons (Fsp3) is 0. The topological polar surface area (TPSA) is 78.5 Å². The van der Waals surface area contributed by atoms with Crippen molar-refractivity contribution in [2.75, 3.05) is 11.1 Å². The number of nitrogens with one attached hydrogen (secondary N) is 1. The molecule has 4 heteroatoms.